The molecule has 13 nitrogen and oxygen atoms in total. The van der Waals surface area contributed by atoms with Crippen LogP contribution in [0.5, 0.6) is 5.75 Å². The van der Waals surface area contributed by atoms with Crippen molar-refractivity contribution >= 4 is 34.7 Å². The van der Waals surface area contributed by atoms with Crippen molar-refractivity contribution in [2.75, 3.05) is 60.6 Å². The number of carbonyl (C=O) groups excluding carboxylic acids is 3. The quantitative estimate of drug-likeness (QED) is 0.108. The summed E-state index contributed by atoms with van der Waals surface area (Å²) in [6.07, 6.45) is 2.06. The van der Waals surface area contributed by atoms with Gasteiger partial charge >= 0.3 is 6.03 Å². The molecular formula is C43H43F2N7O6. The van der Waals surface area contributed by atoms with Gasteiger partial charge in [0.2, 0.25) is 11.6 Å². The number of hydrogen-bond donors (Lipinski definition) is 0. The number of urea groups is 1. The Morgan fingerprint density at radius 1 is 0.879 bits per heavy atom. The van der Waals surface area contributed by atoms with Crippen LogP contribution >= 0.6 is 0 Å². The summed E-state index contributed by atoms with van der Waals surface area (Å²) in [5.74, 6) is -2.00. The van der Waals surface area contributed by atoms with E-state index in [1.165, 1.54) is 34.4 Å². The Hall–Kier alpha value is -6.19. The maximum atomic E-state index is 15.0. The average Bonchev–Trinajstić information content (AvgIpc) is 4.00. The van der Waals surface area contributed by atoms with Crippen LogP contribution in [-0.4, -0.2) is 102 Å². The molecule has 0 N–H and O–H groups in total. The molecule has 5 aromatic rings. The summed E-state index contributed by atoms with van der Waals surface area (Å²) in [6, 6.07) is 25.9. The van der Waals surface area contributed by atoms with Crippen molar-refractivity contribution in [3.05, 3.63) is 132 Å². The predicted molar refractivity (Wildman–Crippen MR) is 211 cm³/mol. The number of nitrogens with zero attached hydrogens (tertiary/aromatic N) is 7. The largest absolute Gasteiger partial charge is 0.488 e. The highest BCUT2D eigenvalue weighted by molar-refractivity contribution is 6.46. The van der Waals surface area contributed by atoms with Gasteiger partial charge < -0.3 is 28.9 Å². The number of benzene rings is 4. The van der Waals surface area contributed by atoms with E-state index < -0.39 is 41.1 Å². The number of amides is 2. The molecular weight excluding hydrogens is 749 g/mol. The second-order valence-corrected chi connectivity index (χ2v) is 14.8. The molecule has 8 rings (SSSR count). The van der Waals surface area contributed by atoms with Crippen LogP contribution in [-0.2, 0) is 26.4 Å². The van der Waals surface area contributed by atoms with Crippen LogP contribution in [0.25, 0.3) is 0 Å². The standard InChI is InChI=1S/C43H43F2N7O6/c1-29(2)52-38(41(54)40(53)30-6-4-3-5-7-30)23-51(42(52)55)34-11-9-32(10-12-34)48-18-20-49(21-19-48)33-13-15-35(16-14-33)56-24-39-57-26-43(58-39,25-50-28-46-27-47-50)36-17-8-31(44)22-37(36)45/h3-17,22,27-29,38-39H,18-21,23-26H2,1-2H3/t38?,39-,43+/m0/s1. The molecule has 0 aliphatic carbocycles. The zero-order valence-electron chi connectivity index (χ0n) is 32.1. The molecule has 3 fully saturated rings. The zero-order chi connectivity index (χ0) is 40.4. The van der Waals surface area contributed by atoms with Crippen LogP contribution in [0.2, 0.25) is 0 Å². The number of carbonyl (C=O) groups is 3. The fraction of sp³-hybridized carbons (Fsp3) is 0.326. The van der Waals surface area contributed by atoms with E-state index in [2.05, 4.69) is 19.9 Å². The second-order valence-electron chi connectivity index (χ2n) is 14.8. The lowest BCUT2D eigenvalue weighted by Gasteiger charge is -2.37. The smallest absolute Gasteiger partial charge is 0.325 e. The number of hydrogen-bond acceptors (Lipinski definition) is 10. The molecule has 0 radical (unpaired) electrons. The Morgan fingerprint density at radius 3 is 2.16 bits per heavy atom. The van der Waals surface area contributed by atoms with E-state index in [9.17, 15) is 23.2 Å². The maximum Gasteiger partial charge on any atom is 0.325 e. The molecule has 58 heavy (non-hydrogen) atoms. The van der Waals surface area contributed by atoms with E-state index >= 15 is 0 Å². The van der Waals surface area contributed by atoms with Gasteiger partial charge in [-0.3, -0.25) is 14.5 Å². The fourth-order valence-electron chi connectivity index (χ4n) is 7.86. The third kappa shape index (κ3) is 7.87. The molecule has 4 aromatic carbocycles. The number of anilines is 3. The third-order valence-electron chi connectivity index (χ3n) is 10.8. The van der Waals surface area contributed by atoms with Gasteiger partial charge in [-0.15, -0.1) is 0 Å². The van der Waals surface area contributed by atoms with Gasteiger partial charge in [0.05, 0.1) is 19.7 Å². The van der Waals surface area contributed by atoms with Gasteiger partial charge in [-0.1, -0.05) is 36.4 Å². The van der Waals surface area contributed by atoms with Crippen LogP contribution in [0, 0.1) is 11.6 Å². The normalized spacial score (nSPS) is 20.9. The van der Waals surface area contributed by atoms with E-state index in [4.69, 9.17) is 14.2 Å². The van der Waals surface area contributed by atoms with Crippen LogP contribution in [0.15, 0.2) is 110 Å². The minimum Gasteiger partial charge on any atom is -0.488 e. The summed E-state index contributed by atoms with van der Waals surface area (Å²) < 4.78 is 48.4. The summed E-state index contributed by atoms with van der Waals surface area (Å²) in [6.45, 7) is 7.08. The van der Waals surface area contributed by atoms with Gasteiger partial charge in [0, 0.05) is 66.5 Å². The molecule has 15 heteroatoms. The molecule has 3 aliphatic heterocycles. The van der Waals surface area contributed by atoms with Gasteiger partial charge in [0.15, 0.2) is 6.29 Å². The van der Waals surface area contributed by atoms with Crippen LogP contribution in [0.3, 0.4) is 0 Å². The Labute approximate surface area is 334 Å². The van der Waals surface area contributed by atoms with Crippen LogP contribution in [0.4, 0.5) is 30.6 Å². The zero-order valence-corrected chi connectivity index (χ0v) is 32.1. The molecule has 1 unspecified atom stereocenters. The third-order valence-corrected chi connectivity index (χ3v) is 10.8. The molecule has 3 aliphatic rings. The van der Waals surface area contributed by atoms with Crippen molar-refractivity contribution in [3.63, 3.8) is 0 Å². The summed E-state index contributed by atoms with van der Waals surface area (Å²) >= 11 is 0. The molecule has 0 spiro atoms. The summed E-state index contributed by atoms with van der Waals surface area (Å²) in [5.41, 5.74) is 1.95. The molecule has 0 bridgehead atoms. The first-order valence-corrected chi connectivity index (χ1v) is 19.2. The van der Waals surface area contributed by atoms with Gasteiger partial charge in [-0.2, -0.15) is 5.10 Å². The first kappa shape index (κ1) is 38.7. The fourth-order valence-corrected chi connectivity index (χ4v) is 7.86. The van der Waals surface area contributed by atoms with E-state index in [1.807, 2.05) is 62.4 Å². The van der Waals surface area contributed by atoms with E-state index in [-0.39, 0.29) is 43.9 Å². The van der Waals surface area contributed by atoms with E-state index in [1.54, 1.807) is 35.2 Å². The van der Waals surface area contributed by atoms with E-state index in [0.717, 1.165) is 43.6 Å². The van der Waals surface area contributed by atoms with Crippen LogP contribution < -0.4 is 19.4 Å². The summed E-state index contributed by atoms with van der Waals surface area (Å²) in [7, 11) is 0. The molecule has 3 saturated heterocycles. The lowest BCUT2D eigenvalue weighted by atomic mass is 9.94. The topological polar surface area (TPSA) is 123 Å². The number of aromatic nitrogens is 3. The van der Waals surface area contributed by atoms with Gasteiger partial charge in [-0.05, 0) is 68.4 Å². The van der Waals surface area contributed by atoms with Gasteiger partial charge in [0.1, 0.15) is 48.3 Å². The molecule has 3 atom stereocenters. The molecule has 1 aromatic heterocycles. The average molecular weight is 792 g/mol. The number of ketones is 2. The monoisotopic (exact) mass is 791 g/mol. The number of piperazine rings is 1. The minimum atomic E-state index is -1.26. The second kappa shape index (κ2) is 16.3. The number of halogens is 2. The van der Waals surface area contributed by atoms with Gasteiger partial charge in [0.25, 0.3) is 0 Å². The molecule has 4 heterocycles. The Bertz CT molecular complexity index is 2240. The predicted octanol–water partition coefficient (Wildman–Crippen LogP) is 5.70. The maximum absolute atomic E-state index is 15.0. The Morgan fingerprint density at radius 2 is 1.53 bits per heavy atom. The van der Waals surface area contributed by atoms with Crippen molar-refractivity contribution in [2.45, 2.75) is 44.4 Å². The molecule has 2 amide bonds. The highest BCUT2D eigenvalue weighted by atomic mass is 19.1. The number of Topliss-reactive ketones (excluding diaryl/α,β-unsaturated/α-hetero) is 2. The van der Waals surface area contributed by atoms with Crippen molar-refractivity contribution < 1.29 is 37.4 Å². The SMILES string of the molecule is CC(C)N1C(=O)N(c2ccc(N3CCN(c4ccc(OC[C@H]5OC[C@](Cn6cncn6)(c6ccc(F)cc6F)O5)cc4)CC3)cc2)CC1C(=O)C(=O)c1ccccc1. The molecule has 0 saturated carbocycles. The Kier molecular flexibility index (Phi) is 10.9. The highest BCUT2D eigenvalue weighted by Crippen LogP contribution is 2.37. The minimum absolute atomic E-state index is 0.00892. The summed E-state index contributed by atoms with van der Waals surface area (Å²) in [4.78, 5) is 51.6. The first-order chi connectivity index (χ1) is 28.1. The van der Waals surface area contributed by atoms with Gasteiger partial charge in [-0.25, -0.2) is 23.2 Å². The lowest BCUT2D eigenvalue weighted by Crippen LogP contribution is -2.46. The lowest BCUT2D eigenvalue weighted by molar-refractivity contribution is -0.118. The van der Waals surface area contributed by atoms with E-state index in [0.29, 0.717) is 17.0 Å². The van der Waals surface area contributed by atoms with Crippen molar-refractivity contribution in [1.82, 2.24) is 19.7 Å². The number of rotatable bonds is 13. The van der Waals surface area contributed by atoms with Crippen LogP contribution in [0.1, 0.15) is 29.8 Å². The Balaban J connectivity index is 0.842. The first-order valence-electron chi connectivity index (χ1n) is 19.2. The van der Waals surface area contributed by atoms with Crippen molar-refractivity contribution in [1.29, 1.82) is 0 Å². The van der Waals surface area contributed by atoms with Crippen molar-refractivity contribution in [2.24, 2.45) is 0 Å². The summed E-state index contributed by atoms with van der Waals surface area (Å²) in [5, 5.41) is 4.13. The number of ether oxygens (including phenoxy) is 3. The highest BCUT2D eigenvalue weighted by Gasteiger charge is 2.47. The van der Waals surface area contributed by atoms with Crippen molar-refractivity contribution in [3.8, 4) is 5.75 Å². The molecule has 300 valence electrons.